The Hall–Kier alpha value is -3.86. The number of ether oxygens (including phenoxy) is 2. The van der Waals surface area contributed by atoms with Gasteiger partial charge in [-0.1, -0.05) is 35.9 Å². The SMILES string of the molecule is Cc1ccc(C(=O)Nc2cccc(C=CC(=O)c3ccc4c(c3)OCO4)c2)cc1. The molecule has 0 atom stereocenters. The molecule has 1 heterocycles. The van der Waals surface area contributed by atoms with Crippen LogP contribution in [0.15, 0.2) is 72.8 Å². The van der Waals surface area contributed by atoms with Crippen LogP contribution in [0.1, 0.15) is 31.8 Å². The number of allylic oxidation sites excluding steroid dienone is 1. The van der Waals surface area contributed by atoms with E-state index < -0.39 is 0 Å². The molecule has 29 heavy (non-hydrogen) atoms. The Morgan fingerprint density at radius 2 is 1.66 bits per heavy atom. The molecule has 4 rings (SSSR count). The molecule has 0 spiro atoms. The molecule has 1 amide bonds. The van der Waals surface area contributed by atoms with Crippen molar-refractivity contribution >= 4 is 23.5 Å². The van der Waals surface area contributed by atoms with Gasteiger partial charge in [0.25, 0.3) is 5.91 Å². The average molecular weight is 385 g/mol. The van der Waals surface area contributed by atoms with E-state index in [1.807, 2.05) is 43.3 Å². The first-order valence-electron chi connectivity index (χ1n) is 9.19. The molecule has 0 aliphatic carbocycles. The Morgan fingerprint density at radius 1 is 0.897 bits per heavy atom. The van der Waals surface area contributed by atoms with E-state index in [0.29, 0.717) is 28.3 Å². The molecular formula is C24H19NO4. The highest BCUT2D eigenvalue weighted by molar-refractivity contribution is 6.07. The van der Waals surface area contributed by atoms with Crippen LogP contribution in [0.25, 0.3) is 6.08 Å². The molecule has 0 fully saturated rings. The summed E-state index contributed by atoms with van der Waals surface area (Å²) in [4.78, 5) is 24.8. The van der Waals surface area contributed by atoms with Crippen molar-refractivity contribution in [3.05, 3.63) is 95.1 Å². The first kappa shape index (κ1) is 18.5. The Morgan fingerprint density at radius 3 is 2.48 bits per heavy atom. The third-order valence-corrected chi connectivity index (χ3v) is 4.54. The van der Waals surface area contributed by atoms with Gasteiger partial charge in [-0.3, -0.25) is 9.59 Å². The van der Waals surface area contributed by atoms with Crippen LogP contribution in [0.3, 0.4) is 0 Å². The molecule has 5 heteroatoms. The third kappa shape index (κ3) is 4.35. The minimum atomic E-state index is -0.178. The number of carbonyl (C=O) groups is 2. The highest BCUT2D eigenvalue weighted by Gasteiger charge is 2.15. The Balaban J connectivity index is 1.45. The van der Waals surface area contributed by atoms with Gasteiger partial charge in [0.1, 0.15) is 0 Å². The van der Waals surface area contributed by atoms with Crippen LogP contribution < -0.4 is 14.8 Å². The monoisotopic (exact) mass is 385 g/mol. The first-order chi connectivity index (χ1) is 14.1. The maximum atomic E-state index is 12.4. The summed E-state index contributed by atoms with van der Waals surface area (Å²) >= 11 is 0. The summed E-state index contributed by atoms with van der Waals surface area (Å²) in [7, 11) is 0. The number of ketones is 1. The summed E-state index contributed by atoms with van der Waals surface area (Å²) in [6.45, 7) is 2.15. The second-order valence-electron chi connectivity index (χ2n) is 6.71. The van der Waals surface area contributed by atoms with Crippen LogP contribution in [-0.4, -0.2) is 18.5 Å². The first-order valence-corrected chi connectivity index (χ1v) is 9.19. The van der Waals surface area contributed by atoms with Crippen molar-refractivity contribution in [3.8, 4) is 11.5 Å². The van der Waals surface area contributed by atoms with Crippen LogP contribution in [-0.2, 0) is 0 Å². The molecule has 0 saturated carbocycles. The largest absolute Gasteiger partial charge is 0.454 e. The maximum absolute atomic E-state index is 12.4. The molecule has 0 unspecified atom stereocenters. The van der Waals surface area contributed by atoms with Crippen molar-refractivity contribution in [2.75, 3.05) is 12.1 Å². The summed E-state index contributed by atoms with van der Waals surface area (Å²) < 4.78 is 10.6. The Bertz CT molecular complexity index is 1100. The number of nitrogens with one attached hydrogen (secondary N) is 1. The van der Waals surface area contributed by atoms with Crippen LogP contribution in [0.4, 0.5) is 5.69 Å². The number of hydrogen-bond donors (Lipinski definition) is 1. The molecule has 1 aliphatic rings. The van der Waals surface area contributed by atoms with Gasteiger partial charge in [-0.15, -0.1) is 0 Å². The van der Waals surface area contributed by atoms with E-state index in [4.69, 9.17) is 9.47 Å². The van der Waals surface area contributed by atoms with Gasteiger partial charge in [0.15, 0.2) is 17.3 Å². The molecule has 1 aliphatic heterocycles. The van der Waals surface area contributed by atoms with Crippen molar-refractivity contribution in [1.82, 2.24) is 0 Å². The standard InChI is InChI=1S/C24H19NO4/c1-16-5-8-18(9-6-16)24(27)25-20-4-2-3-17(13-20)7-11-21(26)19-10-12-22-23(14-19)29-15-28-22/h2-14H,15H2,1H3,(H,25,27). The lowest BCUT2D eigenvalue weighted by molar-refractivity contribution is 0.102. The molecule has 3 aromatic carbocycles. The van der Waals surface area contributed by atoms with Gasteiger partial charge in [-0.05, 0) is 61.0 Å². The van der Waals surface area contributed by atoms with Crippen molar-refractivity contribution in [2.45, 2.75) is 6.92 Å². The Labute approximate surface area is 168 Å². The van der Waals surface area contributed by atoms with E-state index in [0.717, 1.165) is 11.1 Å². The second kappa shape index (κ2) is 8.02. The fourth-order valence-corrected chi connectivity index (χ4v) is 2.95. The number of aryl methyl sites for hydroxylation is 1. The van der Waals surface area contributed by atoms with Crippen LogP contribution in [0, 0.1) is 6.92 Å². The number of fused-ring (bicyclic) bond motifs is 1. The quantitative estimate of drug-likeness (QED) is 0.503. The number of anilines is 1. The van der Waals surface area contributed by atoms with Crippen molar-refractivity contribution in [2.24, 2.45) is 0 Å². The molecule has 5 nitrogen and oxygen atoms in total. The van der Waals surface area contributed by atoms with E-state index in [1.54, 1.807) is 36.4 Å². The molecule has 0 bridgehead atoms. The zero-order chi connectivity index (χ0) is 20.2. The summed E-state index contributed by atoms with van der Waals surface area (Å²) in [6, 6.07) is 19.8. The summed E-state index contributed by atoms with van der Waals surface area (Å²) in [6.07, 6.45) is 3.22. The van der Waals surface area contributed by atoms with E-state index in [1.165, 1.54) is 6.08 Å². The third-order valence-electron chi connectivity index (χ3n) is 4.54. The zero-order valence-electron chi connectivity index (χ0n) is 15.8. The molecule has 1 N–H and O–H groups in total. The number of rotatable bonds is 5. The van der Waals surface area contributed by atoms with Gasteiger partial charge < -0.3 is 14.8 Å². The van der Waals surface area contributed by atoms with Gasteiger partial charge in [-0.25, -0.2) is 0 Å². The molecule has 0 saturated heterocycles. The lowest BCUT2D eigenvalue weighted by Gasteiger charge is -2.06. The molecule has 3 aromatic rings. The highest BCUT2D eigenvalue weighted by Crippen LogP contribution is 2.32. The predicted molar refractivity (Wildman–Crippen MR) is 112 cm³/mol. The minimum absolute atomic E-state index is 0.141. The van der Waals surface area contributed by atoms with Gasteiger partial charge in [0.05, 0.1) is 0 Å². The van der Waals surface area contributed by atoms with E-state index in [9.17, 15) is 9.59 Å². The van der Waals surface area contributed by atoms with E-state index in [-0.39, 0.29) is 18.5 Å². The topological polar surface area (TPSA) is 64.6 Å². The van der Waals surface area contributed by atoms with Crippen LogP contribution in [0.2, 0.25) is 0 Å². The average Bonchev–Trinajstić information content (AvgIpc) is 3.20. The van der Waals surface area contributed by atoms with Gasteiger partial charge in [0, 0.05) is 16.8 Å². The molecule has 0 aromatic heterocycles. The number of amides is 1. The zero-order valence-corrected chi connectivity index (χ0v) is 15.8. The minimum Gasteiger partial charge on any atom is -0.454 e. The van der Waals surface area contributed by atoms with Crippen molar-refractivity contribution < 1.29 is 19.1 Å². The number of hydrogen-bond acceptors (Lipinski definition) is 4. The smallest absolute Gasteiger partial charge is 0.255 e. The summed E-state index contributed by atoms with van der Waals surface area (Å²) in [5, 5.41) is 2.88. The van der Waals surface area contributed by atoms with Crippen LogP contribution >= 0.6 is 0 Å². The van der Waals surface area contributed by atoms with Gasteiger partial charge >= 0.3 is 0 Å². The fraction of sp³-hybridized carbons (Fsp3) is 0.0833. The van der Waals surface area contributed by atoms with Crippen LogP contribution in [0.5, 0.6) is 11.5 Å². The van der Waals surface area contributed by atoms with E-state index >= 15 is 0 Å². The summed E-state index contributed by atoms with van der Waals surface area (Å²) in [5.41, 5.74) is 3.68. The maximum Gasteiger partial charge on any atom is 0.255 e. The summed E-state index contributed by atoms with van der Waals surface area (Å²) in [5.74, 6) is 0.896. The fourth-order valence-electron chi connectivity index (χ4n) is 2.95. The van der Waals surface area contributed by atoms with E-state index in [2.05, 4.69) is 5.32 Å². The molecular weight excluding hydrogens is 366 g/mol. The Kier molecular flexibility index (Phi) is 5.12. The highest BCUT2D eigenvalue weighted by atomic mass is 16.7. The van der Waals surface area contributed by atoms with Crippen molar-refractivity contribution in [1.29, 1.82) is 0 Å². The molecule has 0 radical (unpaired) electrons. The predicted octanol–water partition coefficient (Wildman–Crippen LogP) is 4.87. The molecule has 144 valence electrons. The van der Waals surface area contributed by atoms with Gasteiger partial charge in [-0.2, -0.15) is 0 Å². The number of carbonyl (C=O) groups excluding carboxylic acids is 2. The normalized spacial score (nSPS) is 12.2. The lowest BCUT2D eigenvalue weighted by Crippen LogP contribution is -2.11. The number of benzene rings is 3. The van der Waals surface area contributed by atoms with Crippen molar-refractivity contribution in [3.63, 3.8) is 0 Å². The second-order valence-corrected chi connectivity index (χ2v) is 6.71. The van der Waals surface area contributed by atoms with Gasteiger partial charge in [0.2, 0.25) is 6.79 Å². The lowest BCUT2D eigenvalue weighted by atomic mass is 10.1.